The van der Waals surface area contributed by atoms with Crippen molar-refractivity contribution in [3.63, 3.8) is 0 Å². The van der Waals surface area contributed by atoms with Crippen LogP contribution in [0.2, 0.25) is 0 Å². The van der Waals surface area contributed by atoms with Gasteiger partial charge in [0.25, 0.3) is 5.69 Å². The third kappa shape index (κ3) is 3.62. The monoisotopic (exact) mass is 290 g/mol. The molecule has 1 heterocycles. The van der Waals surface area contributed by atoms with Gasteiger partial charge < -0.3 is 10.5 Å². The van der Waals surface area contributed by atoms with Crippen LogP contribution < -0.4 is 5.73 Å². The number of nitrogens with two attached hydrogens (primary N) is 1. The van der Waals surface area contributed by atoms with Crippen molar-refractivity contribution in [1.29, 1.82) is 0 Å². The zero-order chi connectivity index (χ0) is 13.1. The Morgan fingerprint density at radius 1 is 1.42 bits per heavy atom. The first kappa shape index (κ1) is 15.8. The fourth-order valence-corrected chi connectivity index (χ4v) is 2.23. The van der Waals surface area contributed by atoms with E-state index in [-0.39, 0.29) is 29.6 Å². The predicted molar refractivity (Wildman–Crippen MR) is 70.8 cm³/mol. The minimum absolute atomic E-state index is 0. The lowest BCUT2D eigenvalue weighted by Gasteiger charge is -2.27. The van der Waals surface area contributed by atoms with Crippen molar-refractivity contribution in [1.82, 2.24) is 0 Å². The summed E-state index contributed by atoms with van der Waals surface area (Å²) in [7, 11) is 0. The number of ether oxygens (including phenoxy) is 1. The fourth-order valence-electron chi connectivity index (χ4n) is 2.23. The van der Waals surface area contributed by atoms with E-state index >= 15 is 0 Å². The Kier molecular flexibility index (Phi) is 5.65. The first-order valence-electron chi connectivity index (χ1n) is 5.86. The maximum Gasteiger partial charge on any atom is 0.269 e. The van der Waals surface area contributed by atoms with Crippen LogP contribution in [0.1, 0.15) is 24.4 Å². The average Bonchev–Trinajstić information content (AvgIpc) is 2.39. The molecule has 2 N–H and O–H groups in total. The zero-order valence-electron chi connectivity index (χ0n) is 10.3. The van der Waals surface area contributed by atoms with E-state index in [1.165, 1.54) is 6.07 Å². The number of nitro benzene ring substituents is 1. The summed E-state index contributed by atoms with van der Waals surface area (Å²) in [6, 6.07) is 2.96. The first-order chi connectivity index (χ1) is 8.59. The van der Waals surface area contributed by atoms with Crippen molar-refractivity contribution in [2.45, 2.75) is 18.9 Å². The highest BCUT2D eigenvalue weighted by Gasteiger charge is 2.25. The van der Waals surface area contributed by atoms with Crippen LogP contribution in [0.5, 0.6) is 0 Å². The molecule has 1 atom stereocenters. The minimum atomic E-state index is -0.542. The van der Waals surface area contributed by atoms with Crippen molar-refractivity contribution >= 4 is 18.1 Å². The van der Waals surface area contributed by atoms with Crippen molar-refractivity contribution < 1.29 is 14.1 Å². The minimum Gasteiger partial charge on any atom is -0.381 e. The summed E-state index contributed by atoms with van der Waals surface area (Å²) in [5, 5.41) is 10.7. The molecule has 1 fully saturated rings. The number of hydrogen-bond donors (Lipinski definition) is 1. The van der Waals surface area contributed by atoms with Gasteiger partial charge in [-0.3, -0.25) is 10.1 Å². The summed E-state index contributed by atoms with van der Waals surface area (Å²) >= 11 is 0. The zero-order valence-corrected chi connectivity index (χ0v) is 11.1. The molecule has 0 spiro atoms. The van der Waals surface area contributed by atoms with Crippen LogP contribution in [-0.4, -0.2) is 18.1 Å². The summed E-state index contributed by atoms with van der Waals surface area (Å²) in [5.41, 5.74) is 6.11. The normalized spacial score (nSPS) is 17.6. The van der Waals surface area contributed by atoms with Gasteiger partial charge in [-0.05, 0) is 24.8 Å². The Hall–Kier alpha value is -1.24. The Labute approximate surface area is 116 Å². The molecule has 0 amide bonds. The van der Waals surface area contributed by atoms with E-state index < -0.39 is 16.8 Å². The third-order valence-electron chi connectivity index (χ3n) is 3.32. The molecule has 19 heavy (non-hydrogen) atoms. The van der Waals surface area contributed by atoms with E-state index in [1.807, 2.05) is 0 Å². The van der Waals surface area contributed by atoms with E-state index in [4.69, 9.17) is 10.5 Å². The fraction of sp³-hybridized carbons (Fsp3) is 0.500. The molecule has 5 nitrogen and oxygen atoms in total. The maximum atomic E-state index is 13.7. The molecule has 0 unspecified atom stereocenters. The van der Waals surface area contributed by atoms with Crippen LogP contribution in [0.25, 0.3) is 0 Å². The van der Waals surface area contributed by atoms with E-state index in [0.29, 0.717) is 13.2 Å². The second-order valence-electron chi connectivity index (χ2n) is 4.44. The van der Waals surface area contributed by atoms with Crippen LogP contribution in [0.3, 0.4) is 0 Å². The molecular weight excluding hydrogens is 275 g/mol. The maximum absolute atomic E-state index is 13.7. The summed E-state index contributed by atoms with van der Waals surface area (Å²) in [6.45, 7) is 1.21. The van der Waals surface area contributed by atoms with Gasteiger partial charge in [-0.25, -0.2) is 4.39 Å². The van der Waals surface area contributed by atoms with Crippen LogP contribution in [0.15, 0.2) is 18.2 Å². The molecule has 0 radical (unpaired) electrons. The number of nitrogens with zero attached hydrogens (tertiary/aromatic N) is 1. The molecule has 1 saturated heterocycles. The van der Waals surface area contributed by atoms with E-state index in [9.17, 15) is 14.5 Å². The van der Waals surface area contributed by atoms with Gasteiger partial charge in [0.05, 0.1) is 4.92 Å². The Balaban J connectivity index is 0.00000180. The predicted octanol–water partition coefficient (Wildman–Crippen LogP) is 2.58. The van der Waals surface area contributed by atoms with Gasteiger partial charge in [0.1, 0.15) is 5.82 Å². The topological polar surface area (TPSA) is 78.4 Å². The molecule has 0 aliphatic carbocycles. The van der Waals surface area contributed by atoms with Crippen molar-refractivity contribution in [2.24, 2.45) is 11.7 Å². The summed E-state index contributed by atoms with van der Waals surface area (Å²) in [5.74, 6) is -0.380. The molecule has 1 aliphatic rings. The van der Waals surface area contributed by atoms with E-state index in [0.717, 1.165) is 25.0 Å². The molecule has 1 aromatic carbocycles. The highest BCUT2D eigenvalue weighted by Crippen LogP contribution is 2.31. The van der Waals surface area contributed by atoms with Crippen LogP contribution in [-0.2, 0) is 4.74 Å². The van der Waals surface area contributed by atoms with Crippen LogP contribution in [0.4, 0.5) is 10.1 Å². The highest BCUT2D eigenvalue weighted by molar-refractivity contribution is 5.85. The van der Waals surface area contributed by atoms with Gasteiger partial charge in [-0.2, -0.15) is 0 Å². The summed E-state index contributed by atoms with van der Waals surface area (Å²) in [6.07, 6.45) is 1.51. The van der Waals surface area contributed by atoms with E-state index in [2.05, 4.69) is 0 Å². The number of benzene rings is 1. The van der Waals surface area contributed by atoms with Gasteiger partial charge in [0.15, 0.2) is 0 Å². The SMILES string of the molecule is Cl.N[C@H](c1cc([N+](=O)[O-])ccc1F)C1CCOCC1. The quantitative estimate of drug-likeness (QED) is 0.685. The smallest absolute Gasteiger partial charge is 0.269 e. The van der Waals surface area contributed by atoms with Gasteiger partial charge in [-0.1, -0.05) is 0 Å². The average molecular weight is 291 g/mol. The molecule has 1 aliphatic heterocycles. The van der Waals surface area contributed by atoms with E-state index in [1.54, 1.807) is 0 Å². The molecule has 0 aromatic heterocycles. The number of hydrogen-bond acceptors (Lipinski definition) is 4. The molecule has 0 saturated carbocycles. The number of rotatable bonds is 3. The first-order valence-corrected chi connectivity index (χ1v) is 5.86. The van der Waals surface area contributed by atoms with Crippen LogP contribution in [0, 0.1) is 21.8 Å². The van der Waals surface area contributed by atoms with Gasteiger partial charge >= 0.3 is 0 Å². The van der Waals surface area contributed by atoms with Crippen molar-refractivity contribution in [3.05, 3.63) is 39.7 Å². The Bertz CT molecular complexity index is 453. The standard InChI is InChI=1S/C12H15FN2O3.ClH/c13-11-2-1-9(15(16)17)7-10(11)12(14)8-3-5-18-6-4-8;/h1-2,7-8,12H,3-6,14H2;1H/t12-;/m0./s1. The molecule has 2 rings (SSSR count). The Morgan fingerprint density at radius 3 is 2.63 bits per heavy atom. The third-order valence-corrected chi connectivity index (χ3v) is 3.32. The second-order valence-corrected chi connectivity index (χ2v) is 4.44. The summed E-state index contributed by atoms with van der Waals surface area (Å²) < 4.78 is 18.9. The number of non-ortho nitro benzene ring substituents is 1. The molecular formula is C12H16ClFN2O3. The summed E-state index contributed by atoms with van der Waals surface area (Å²) in [4.78, 5) is 10.1. The lowest BCUT2D eigenvalue weighted by Crippen LogP contribution is -2.28. The Morgan fingerprint density at radius 2 is 2.05 bits per heavy atom. The highest BCUT2D eigenvalue weighted by atomic mass is 35.5. The van der Waals surface area contributed by atoms with Crippen LogP contribution >= 0.6 is 12.4 Å². The lowest BCUT2D eigenvalue weighted by atomic mass is 9.87. The van der Waals surface area contributed by atoms with Crippen molar-refractivity contribution in [2.75, 3.05) is 13.2 Å². The largest absolute Gasteiger partial charge is 0.381 e. The number of halogens is 2. The van der Waals surface area contributed by atoms with Gasteiger partial charge in [-0.15, -0.1) is 12.4 Å². The second kappa shape index (κ2) is 6.79. The van der Waals surface area contributed by atoms with Gasteiger partial charge in [0, 0.05) is 37.0 Å². The molecule has 0 bridgehead atoms. The molecule has 106 valence electrons. The number of nitro groups is 1. The molecule has 1 aromatic rings. The van der Waals surface area contributed by atoms with Gasteiger partial charge in [0.2, 0.25) is 0 Å². The van der Waals surface area contributed by atoms with Crippen molar-refractivity contribution in [3.8, 4) is 0 Å². The molecule has 7 heteroatoms. The lowest BCUT2D eigenvalue weighted by molar-refractivity contribution is -0.385.